The number of aromatic amines is 1. The zero-order chi connectivity index (χ0) is 11.8. The van der Waals surface area contributed by atoms with Crippen LogP contribution in [0.2, 0.25) is 0 Å². The molecule has 2 aromatic heterocycles. The smallest absolute Gasteiger partial charge is 0.178 e. The fourth-order valence-corrected chi connectivity index (χ4v) is 1.84. The van der Waals surface area contributed by atoms with E-state index in [0.717, 1.165) is 11.4 Å². The SMILES string of the molecule is Cc1nc2nc(-c3ccccc3)c(F)cc2[nH]1. The maximum Gasteiger partial charge on any atom is 0.178 e. The van der Waals surface area contributed by atoms with Crippen molar-refractivity contribution >= 4 is 11.2 Å². The van der Waals surface area contributed by atoms with Crippen LogP contribution in [0.4, 0.5) is 4.39 Å². The van der Waals surface area contributed by atoms with Gasteiger partial charge < -0.3 is 4.98 Å². The van der Waals surface area contributed by atoms with Crippen molar-refractivity contribution in [1.29, 1.82) is 0 Å². The first-order chi connectivity index (χ1) is 8.24. The number of rotatable bonds is 1. The second-order valence-electron chi connectivity index (χ2n) is 3.88. The summed E-state index contributed by atoms with van der Waals surface area (Å²) in [6.45, 7) is 1.82. The number of hydrogen-bond acceptors (Lipinski definition) is 2. The normalized spacial score (nSPS) is 10.9. The molecule has 3 nitrogen and oxygen atoms in total. The summed E-state index contributed by atoms with van der Waals surface area (Å²) in [5.41, 5.74) is 2.26. The molecule has 2 heterocycles. The average molecular weight is 227 g/mol. The molecule has 0 atom stereocenters. The maximum absolute atomic E-state index is 13.9. The Hall–Kier alpha value is -2.23. The van der Waals surface area contributed by atoms with E-state index in [-0.39, 0.29) is 5.82 Å². The van der Waals surface area contributed by atoms with Gasteiger partial charge in [-0.2, -0.15) is 0 Å². The molecule has 0 bridgehead atoms. The molecule has 1 aromatic carbocycles. The van der Waals surface area contributed by atoms with Crippen molar-refractivity contribution in [1.82, 2.24) is 15.0 Å². The first kappa shape index (κ1) is 9.96. The summed E-state index contributed by atoms with van der Waals surface area (Å²) < 4.78 is 13.9. The molecular weight excluding hydrogens is 217 g/mol. The molecule has 0 aliphatic carbocycles. The molecule has 0 saturated carbocycles. The van der Waals surface area contributed by atoms with Crippen LogP contribution in [-0.4, -0.2) is 15.0 Å². The summed E-state index contributed by atoms with van der Waals surface area (Å²) in [6, 6.07) is 10.7. The standard InChI is InChI=1S/C13H10FN3/c1-8-15-11-7-10(14)12(17-13(11)16-8)9-5-3-2-4-6-9/h2-7H,1H3,(H,15,16,17). The van der Waals surface area contributed by atoms with Gasteiger partial charge >= 0.3 is 0 Å². The molecule has 0 unspecified atom stereocenters. The van der Waals surface area contributed by atoms with Crippen LogP contribution in [0.1, 0.15) is 5.82 Å². The number of aromatic nitrogens is 3. The van der Waals surface area contributed by atoms with E-state index in [4.69, 9.17) is 0 Å². The third-order valence-corrected chi connectivity index (χ3v) is 2.59. The lowest BCUT2D eigenvalue weighted by atomic mass is 10.1. The highest BCUT2D eigenvalue weighted by Gasteiger charge is 2.10. The summed E-state index contributed by atoms with van der Waals surface area (Å²) in [7, 11) is 0. The first-order valence-corrected chi connectivity index (χ1v) is 5.32. The van der Waals surface area contributed by atoms with Gasteiger partial charge in [0.2, 0.25) is 0 Å². The van der Waals surface area contributed by atoms with Gasteiger partial charge in [0.25, 0.3) is 0 Å². The van der Waals surface area contributed by atoms with Crippen LogP contribution < -0.4 is 0 Å². The van der Waals surface area contributed by atoms with Crippen LogP contribution in [-0.2, 0) is 0 Å². The molecule has 0 aliphatic heterocycles. The second kappa shape index (κ2) is 3.66. The van der Waals surface area contributed by atoms with Crippen molar-refractivity contribution in [3.63, 3.8) is 0 Å². The predicted molar refractivity (Wildman–Crippen MR) is 64.0 cm³/mol. The Kier molecular flexibility index (Phi) is 2.14. The minimum absolute atomic E-state index is 0.338. The monoisotopic (exact) mass is 227 g/mol. The second-order valence-corrected chi connectivity index (χ2v) is 3.88. The number of halogens is 1. The lowest BCUT2D eigenvalue weighted by molar-refractivity contribution is 0.628. The summed E-state index contributed by atoms with van der Waals surface area (Å²) in [5.74, 6) is 0.393. The van der Waals surface area contributed by atoms with Gasteiger partial charge in [-0.1, -0.05) is 30.3 Å². The quantitative estimate of drug-likeness (QED) is 0.694. The highest BCUT2D eigenvalue weighted by molar-refractivity contribution is 5.75. The first-order valence-electron chi connectivity index (χ1n) is 5.32. The fourth-order valence-electron chi connectivity index (χ4n) is 1.84. The average Bonchev–Trinajstić information content (AvgIpc) is 2.68. The minimum atomic E-state index is -0.340. The van der Waals surface area contributed by atoms with E-state index < -0.39 is 0 Å². The molecular formula is C13H10FN3. The molecule has 0 saturated heterocycles. The zero-order valence-corrected chi connectivity index (χ0v) is 9.24. The number of fused-ring (bicyclic) bond motifs is 1. The van der Waals surface area contributed by atoms with Crippen molar-refractivity contribution in [3.05, 3.63) is 48.0 Å². The van der Waals surface area contributed by atoms with Crippen molar-refractivity contribution in [2.45, 2.75) is 6.92 Å². The summed E-state index contributed by atoms with van der Waals surface area (Å²) in [6.07, 6.45) is 0. The zero-order valence-electron chi connectivity index (χ0n) is 9.24. The minimum Gasteiger partial charge on any atom is -0.341 e. The van der Waals surface area contributed by atoms with Crippen molar-refractivity contribution in [2.24, 2.45) is 0 Å². The van der Waals surface area contributed by atoms with Gasteiger partial charge in [0.05, 0.1) is 5.52 Å². The molecule has 1 N–H and O–H groups in total. The number of pyridine rings is 1. The Morgan fingerprint density at radius 3 is 2.65 bits per heavy atom. The van der Waals surface area contributed by atoms with Crippen molar-refractivity contribution in [2.75, 3.05) is 0 Å². The van der Waals surface area contributed by atoms with Gasteiger partial charge in [0.1, 0.15) is 11.5 Å². The fraction of sp³-hybridized carbons (Fsp3) is 0.0769. The Bertz CT molecular complexity index is 674. The highest BCUT2D eigenvalue weighted by atomic mass is 19.1. The van der Waals surface area contributed by atoms with Crippen molar-refractivity contribution in [3.8, 4) is 11.3 Å². The molecule has 0 fully saturated rings. The van der Waals surface area contributed by atoms with Crippen LogP contribution in [0.15, 0.2) is 36.4 Å². The van der Waals surface area contributed by atoms with E-state index >= 15 is 0 Å². The third-order valence-electron chi connectivity index (χ3n) is 2.59. The van der Waals surface area contributed by atoms with E-state index in [1.807, 2.05) is 37.3 Å². The van der Waals surface area contributed by atoms with E-state index in [0.29, 0.717) is 16.9 Å². The van der Waals surface area contributed by atoms with Crippen LogP contribution >= 0.6 is 0 Å². The number of H-pyrrole nitrogens is 1. The Morgan fingerprint density at radius 2 is 1.88 bits per heavy atom. The summed E-state index contributed by atoms with van der Waals surface area (Å²) >= 11 is 0. The molecule has 84 valence electrons. The number of hydrogen-bond donors (Lipinski definition) is 1. The number of imidazole rings is 1. The number of benzene rings is 1. The van der Waals surface area contributed by atoms with Gasteiger partial charge in [-0.15, -0.1) is 0 Å². The van der Waals surface area contributed by atoms with Crippen molar-refractivity contribution < 1.29 is 4.39 Å². The molecule has 17 heavy (non-hydrogen) atoms. The van der Waals surface area contributed by atoms with Gasteiger partial charge in [0, 0.05) is 11.6 Å². The molecule has 0 spiro atoms. The van der Waals surface area contributed by atoms with Gasteiger partial charge in [-0.3, -0.25) is 0 Å². The largest absolute Gasteiger partial charge is 0.341 e. The Labute approximate surface area is 97.3 Å². The molecule has 3 aromatic rings. The van der Waals surface area contributed by atoms with E-state index in [9.17, 15) is 4.39 Å². The van der Waals surface area contributed by atoms with Crippen LogP contribution in [0.3, 0.4) is 0 Å². The molecule has 4 heteroatoms. The topological polar surface area (TPSA) is 41.6 Å². The molecule has 0 aliphatic rings. The van der Waals surface area contributed by atoms with Crippen LogP contribution in [0.5, 0.6) is 0 Å². The van der Waals surface area contributed by atoms with E-state index in [1.54, 1.807) is 0 Å². The van der Waals surface area contributed by atoms with Gasteiger partial charge in [0.15, 0.2) is 11.5 Å². The summed E-state index contributed by atoms with van der Waals surface area (Å²) in [5, 5.41) is 0. The molecule has 0 radical (unpaired) electrons. The lowest BCUT2D eigenvalue weighted by Gasteiger charge is -2.01. The van der Waals surface area contributed by atoms with Crippen LogP contribution in [0, 0.1) is 12.7 Å². The number of nitrogens with one attached hydrogen (secondary N) is 1. The van der Waals surface area contributed by atoms with E-state index in [2.05, 4.69) is 15.0 Å². The molecule has 3 rings (SSSR count). The highest BCUT2D eigenvalue weighted by Crippen LogP contribution is 2.23. The number of nitrogens with zero attached hydrogens (tertiary/aromatic N) is 2. The Morgan fingerprint density at radius 1 is 1.12 bits per heavy atom. The Balaban J connectivity index is 2.26. The van der Waals surface area contributed by atoms with Gasteiger partial charge in [-0.25, -0.2) is 14.4 Å². The number of aryl methyl sites for hydroxylation is 1. The maximum atomic E-state index is 13.9. The molecule has 0 amide bonds. The lowest BCUT2D eigenvalue weighted by Crippen LogP contribution is -1.90. The van der Waals surface area contributed by atoms with Gasteiger partial charge in [-0.05, 0) is 6.92 Å². The summed E-state index contributed by atoms with van der Waals surface area (Å²) in [4.78, 5) is 11.4. The predicted octanol–water partition coefficient (Wildman–Crippen LogP) is 3.07. The third kappa shape index (κ3) is 1.67. The van der Waals surface area contributed by atoms with Crippen LogP contribution in [0.25, 0.3) is 22.4 Å². The van der Waals surface area contributed by atoms with E-state index in [1.165, 1.54) is 6.07 Å².